The van der Waals surface area contributed by atoms with E-state index in [0.717, 1.165) is 12.1 Å². The third-order valence-corrected chi connectivity index (χ3v) is 5.88. The van der Waals surface area contributed by atoms with E-state index in [9.17, 15) is 8.78 Å². The van der Waals surface area contributed by atoms with Crippen LogP contribution in [0.2, 0.25) is 0 Å². The van der Waals surface area contributed by atoms with Gasteiger partial charge < -0.3 is 9.64 Å². The minimum Gasteiger partial charge on any atom is -0.497 e. The van der Waals surface area contributed by atoms with Gasteiger partial charge in [0.05, 0.1) is 7.11 Å². The zero-order chi connectivity index (χ0) is 17.6. The van der Waals surface area contributed by atoms with Gasteiger partial charge in [0.25, 0.3) is 6.43 Å². The molecule has 0 saturated heterocycles. The fraction of sp³-hybridized carbons (Fsp3) is 0.429. The Kier molecular flexibility index (Phi) is 3.94. The summed E-state index contributed by atoms with van der Waals surface area (Å²) in [7, 11) is 3.63. The number of alkyl halides is 2. The van der Waals surface area contributed by atoms with Gasteiger partial charge in [0.1, 0.15) is 5.75 Å². The zero-order valence-electron chi connectivity index (χ0n) is 14.7. The Labute approximate surface area is 147 Å². The fourth-order valence-electron chi connectivity index (χ4n) is 4.68. The highest BCUT2D eigenvalue weighted by atomic mass is 19.3. The maximum Gasteiger partial charge on any atom is 0.264 e. The SMILES string of the molecule is COc1ccc(-c2ccc3c(c2)C2(CCCC2)CN3C)c(C(F)F)c1. The van der Waals surface area contributed by atoms with Gasteiger partial charge in [0, 0.05) is 30.3 Å². The third-order valence-electron chi connectivity index (χ3n) is 5.88. The maximum atomic E-state index is 13.6. The van der Waals surface area contributed by atoms with Crippen LogP contribution in [0.15, 0.2) is 36.4 Å². The van der Waals surface area contributed by atoms with Crippen LogP contribution in [-0.2, 0) is 5.41 Å². The van der Waals surface area contributed by atoms with E-state index in [0.29, 0.717) is 11.3 Å². The van der Waals surface area contributed by atoms with E-state index < -0.39 is 6.43 Å². The first kappa shape index (κ1) is 16.4. The average Bonchev–Trinajstić information content (AvgIpc) is 3.20. The van der Waals surface area contributed by atoms with Gasteiger partial charge in [-0.05, 0) is 53.8 Å². The number of hydrogen-bond acceptors (Lipinski definition) is 2. The van der Waals surface area contributed by atoms with Crippen molar-refractivity contribution in [3.8, 4) is 16.9 Å². The van der Waals surface area contributed by atoms with Crippen LogP contribution < -0.4 is 9.64 Å². The van der Waals surface area contributed by atoms with Crippen LogP contribution in [0.5, 0.6) is 5.75 Å². The summed E-state index contributed by atoms with van der Waals surface area (Å²) in [5.74, 6) is 0.465. The lowest BCUT2D eigenvalue weighted by Crippen LogP contribution is -2.28. The van der Waals surface area contributed by atoms with Crippen LogP contribution in [0.3, 0.4) is 0 Å². The number of nitrogens with zero attached hydrogens (tertiary/aromatic N) is 1. The first-order valence-electron chi connectivity index (χ1n) is 8.86. The number of halogens is 2. The molecule has 25 heavy (non-hydrogen) atoms. The molecular weight excluding hydrogens is 320 g/mol. The van der Waals surface area contributed by atoms with Crippen LogP contribution in [0, 0.1) is 0 Å². The predicted octanol–water partition coefficient (Wildman–Crippen LogP) is 5.56. The second-order valence-corrected chi connectivity index (χ2v) is 7.33. The van der Waals surface area contributed by atoms with E-state index in [1.165, 1.54) is 50.1 Å². The molecule has 0 bridgehead atoms. The normalized spacial score (nSPS) is 18.2. The number of hydrogen-bond donors (Lipinski definition) is 0. The van der Waals surface area contributed by atoms with E-state index >= 15 is 0 Å². The number of ether oxygens (including phenoxy) is 1. The zero-order valence-corrected chi connectivity index (χ0v) is 14.7. The van der Waals surface area contributed by atoms with Gasteiger partial charge in [-0.3, -0.25) is 0 Å². The van der Waals surface area contributed by atoms with Gasteiger partial charge >= 0.3 is 0 Å². The Morgan fingerprint density at radius 1 is 1.08 bits per heavy atom. The standard InChI is InChI=1S/C21H23F2NO/c1-24-13-21(9-3-4-10-21)18-11-14(5-8-19(18)24)16-7-6-15(25-2)12-17(16)20(22)23/h5-8,11-12,20H,3-4,9-10,13H2,1-2H3. The smallest absolute Gasteiger partial charge is 0.264 e. The van der Waals surface area contributed by atoms with Gasteiger partial charge in [-0.1, -0.05) is 25.0 Å². The lowest BCUT2D eigenvalue weighted by molar-refractivity contribution is 0.151. The second kappa shape index (κ2) is 6.01. The molecule has 132 valence electrons. The van der Waals surface area contributed by atoms with Gasteiger partial charge in [-0.25, -0.2) is 8.78 Å². The molecule has 2 aliphatic rings. The molecule has 1 heterocycles. The van der Waals surface area contributed by atoms with Gasteiger partial charge in [-0.2, -0.15) is 0 Å². The van der Waals surface area contributed by atoms with E-state index in [-0.39, 0.29) is 11.0 Å². The molecule has 1 aliphatic heterocycles. The Hall–Kier alpha value is -2.10. The molecule has 4 heteroatoms. The van der Waals surface area contributed by atoms with E-state index in [1.54, 1.807) is 12.1 Å². The second-order valence-electron chi connectivity index (χ2n) is 7.33. The monoisotopic (exact) mass is 343 g/mol. The number of fused-ring (bicyclic) bond motifs is 2. The summed E-state index contributed by atoms with van der Waals surface area (Å²) >= 11 is 0. The van der Waals surface area contributed by atoms with Crippen molar-refractivity contribution in [3.05, 3.63) is 47.5 Å². The summed E-state index contributed by atoms with van der Waals surface area (Å²) < 4.78 is 32.3. The van der Waals surface area contributed by atoms with Crippen molar-refractivity contribution in [3.63, 3.8) is 0 Å². The average molecular weight is 343 g/mol. The first-order valence-corrected chi connectivity index (χ1v) is 8.86. The summed E-state index contributed by atoms with van der Waals surface area (Å²) in [5.41, 5.74) is 4.29. The van der Waals surface area contributed by atoms with Crippen molar-refractivity contribution in [2.75, 3.05) is 25.6 Å². The number of anilines is 1. The molecule has 1 fully saturated rings. The van der Waals surface area contributed by atoms with Crippen LogP contribution in [0.1, 0.15) is 43.2 Å². The molecule has 0 unspecified atom stereocenters. The van der Waals surface area contributed by atoms with E-state index in [2.05, 4.69) is 24.1 Å². The molecule has 2 nitrogen and oxygen atoms in total. The maximum absolute atomic E-state index is 13.6. The molecule has 0 N–H and O–H groups in total. The molecule has 2 aromatic rings. The lowest BCUT2D eigenvalue weighted by Gasteiger charge is -2.24. The minimum atomic E-state index is -2.53. The molecule has 2 aromatic carbocycles. The molecule has 1 aliphatic carbocycles. The van der Waals surface area contributed by atoms with Crippen molar-refractivity contribution in [2.24, 2.45) is 0 Å². The van der Waals surface area contributed by atoms with Crippen LogP contribution >= 0.6 is 0 Å². The summed E-state index contributed by atoms with van der Waals surface area (Å²) in [5, 5.41) is 0. The van der Waals surface area contributed by atoms with Crippen LogP contribution in [0.4, 0.5) is 14.5 Å². The predicted molar refractivity (Wildman–Crippen MR) is 96.8 cm³/mol. The molecule has 4 rings (SSSR count). The van der Waals surface area contributed by atoms with Crippen molar-refractivity contribution in [1.82, 2.24) is 0 Å². The summed E-state index contributed by atoms with van der Waals surface area (Å²) in [6.45, 7) is 1.04. The van der Waals surface area contributed by atoms with Crippen molar-refractivity contribution in [2.45, 2.75) is 37.5 Å². The summed E-state index contributed by atoms with van der Waals surface area (Å²) in [4.78, 5) is 2.31. The first-order chi connectivity index (χ1) is 12.0. The molecule has 0 radical (unpaired) electrons. The highest BCUT2D eigenvalue weighted by Crippen LogP contribution is 2.51. The molecule has 0 aromatic heterocycles. The number of likely N-dealkylation sites (N-methyl/N-ethyl adjacent to an activating group) is 1. The topological polar surface area (TPSA) is 12.5 Å². The molecule has 1 saturated carbocycles. The minimum absolute atomic E-state index is 0.0334. The summed E-state index contributed by atoms with van der Waals surface area (Å²) in [6.07, 6.45) is 2.36. The Morgan fingerprint density at radius 2 is 1.84 bits per heavy atom. The number of methoxy groups -OCH3 is 1. The molecule has 0 amide bonds. The summed E-state index contributed by atoms with van der Waals surface area (Å²) in [6, 6.07) is 11.2. The lowest BCUT2D eigenvalue weighted by atomic mass is 9.79. The van der Waals surface area contributed by atoms with Crippen LogP contribution in [0.25, 0.3) is 11.1 Å². The van der Waals surface area contributed by atoms with Crippen molar-refractivity contribution < 1.29 is 13.5 Å². The fourth-order valence-corrected chi connectivity index (χ4v) is 4.68. The van der Waals surface area contributed by atoms with Gasteiger partial charge in [0.15, 0.2) is 0 Å². The third kappa shape index (κ3) is 2.59. The molecular formula is C21H23F2NO. The number of benzene rings is 2. The number of rotatable bonds is 3. The van der Waals surface area contributed by atoms with Gasteiger partial charge in [-0.15, -0.1) is 0 Å². The quantitative estimate of drug-likeness (QED) is 0.723. The molecule has 1 spiro atoms. The van der Waals surface area contributed by atoms with Crippen molar-refractivity contribution >= 4 is 5.69 Å². The Balaban J connectivity index is 1.84. The largest absolute Gasteiger partial charge is 0.497 e. The van der Waals surface area contributed by atoms with Crippen LogP contribution in [-0.4, -0.2) is 20.7 Å². The molecule has 0 atom stereocenters. The van der Waals surface area contributed by atoms with E-state index in [1.807, 2.05) is 6.07 Å². The van der Waals surface area contributed by atoms with E-state index in [4.69, 9.17) is 4.74 Å². The highest BCUT2D eigenvalue weighted by molar-refractivity contribution is 5.75. The highest BCUT2D eigenvalue weighted by Gasteiger charge is 2.43. The Bertz CT molecular complexity index is 796. The van der Waals surface area contributed by atoms with Gasteiger partial charge in [0.2, 0.25) is 0 Å². The van der Waals surface area contributed by atoms with Crippen molar-refractivity contribution in [1.29, 1.82) is 0 Å². The Morgan fingerprint density at radius 3 is 2.52 bits per heavy atom.